The smallest absolute Gasteiger partial charge is 0.126 e. The first-order valence-electron chi connectivity index (χ1n) is 8.43. The third-order valence-electron chi connectivity index (χ3n) is 4.23. The van der Waals surface area contributed by atoms with E-state index in [0.29, 0.717) is 43.9 Å². The maximum Gasteiger partial charge on any atom is 0.126 e. The Morgan fingerprint density at radius 1 is 0.536 bits per heavy atom. The Kier molecular flexibility index (Phi) is 4.90. The Morgan fingerprint density at radius 2 is 0.929 bits per heavy atom. The summed E-state index contributed by atoms with van der Waals surface area (Å²) in [6.07, 6.45) is 0. The molecular formula is C22H14Cl2N2O2. The van der Waals surface area contributed by atoms with E-state index < -0.39 is 0 Å². The summed E-state index contributed by atoms with van der Waals surface area (Å²) in [6, 6.07) is 20.8. The lowest BCUT2D eigenvalue weighted by atomic mass is 10.1. The van der Waals surface area contributed by atoms with E-state index in [4.69, 9.17) is 23.2 Å². The highest BCUT2D eigenvalue weighted by molar-refractivity contribution is 6.31. The molecule has 4 aromatic rings. The van der Waals surface area contributed by atoms with Gasteiger partial charge in [0.25, 0.3) is 0 Å². The van der Waals surface area contributed by atoms with Gasteiger partial charge in [0.2, 0.25) is 0 Å². The molecule has 0 saturated carbocycles. The molecule has 4 rings (SSSR count). The number of hydrogen-bond donors (Lipinski definition) is 2. The molecule has 0 spiro atoms. The van der Waals surface area contributed by atoms with Crippen LogP contribution < -0.4 is 0 Å². The molecule has 138 valence electrons. The summed E-state index contributed by atoms with van der Waals surface area (Å²) in [5.41, 5.74) is 3.65. The zero-order valence-corrected chi connectivity index (χ0v) is 16.0. The average molecular weight is 409 g/mol. The Labute approximate surface area is 171 Å². The fourth-order valence-electron chi connectivity index (χ4n) is 2.90. The van der Waals surface area contributed by atoms with Crippen LogP contribution in [0.4, 0.5) is 0 Å². The van der Waals surface area contributed by atoms with Crippen LogP contribution in [0.15, 0.2) is 72.8 Å². The average Bonchev–Trinajstić information content (AvgIpc) is 2.68. The normalized spacial score (nSPS) is 10.8. The lowest BCUT2D eigenvalue weighted by molar-refractivity contribution is 0.476. The number of phenolic OH excluding ortho intramolecular Hbond substituents is 2. The third-order valence-corrected chi connectivity index (χ3v) is 4.70. The maximum atomic E-state index is 10.2. The highest BCUT2D eigenvalue weighted by atomic mass is 35.5. The predicted molar refractivity (Wildman–Crippen MR) is 112 cm³/mol. The molecule has 2 aromatic carbocycles. The molecule has 0 saturated heterocycles. The van der Waals surface area contributed by atoms with Gasteiger partial charge in [-0.05, 0) is 60.7 Å². The van der Waals surface area contributed by atoms with Crippen molar-refractivity contribution in [1.29, 1.82) is 0 Å². The molecule has 2 N–H and O–H groups in total. The second kappa shape index (κ2) is 7.50. The highest BCUT2D eigenvalue weighted by Gasteiger charge is 2.11. The van der Waals surface area contributed by atoms with Gasteiger partial charge in [-0.2, -0.15) is 0 Å². The van der Waals surface area contributed by atoms with Gasteiger partial charge in [0.05, 0.1) is 22.8 Å². The van der Waals surface area contributed by atoms with Crippen LogP contribution in [0, 0.1) is 0 Å². The minimum atomic E-state index is 0.0601. The standard InChI is InChI=1S/C22H14Cl2N2O2/c23-13-7-9-15(21(27)11-13)17-3-1-5-19(25-17)20-6-2-4-18(26-20)16-10-8-14(24)12-22(16)28/h1-12,27-28H. The summed E-state index contributed by atoms with van der Waals surface area (Å²) >= 11 is 11.8. The van der Waals surface area contributed by atoms with Gasteiger partial charge >= 0.3 is 0 Å². The van der Waals surface area contributed by atoms with Crippen LogP contribution in [0.3, 0.4) is 0 Å². The van der Waals surface area contributed by atoms with Gasteiger partial charge in [-0.1, -0.05) is 35.3 Å². The molecule has 0 aliphatic carbocycles. The first-order chi connectivity index (χ1) is 13.5. The van der Waals surface area contributed by atoms with Crippen molar-refractivity contribution in [2.75, 3.05) is 0 Å². The number of nitrogens with zero attached hydrogens (tertiary/aromatic N) is 2. The number of rotatable bonds is 3. The number of aromatic nitrogens is 2. The molecule has 0 atom stereocenters. The van der Waals surface area contributed by atoms with Crippen LogP contribution in [0.25, 0.3) is 33.9 Å². The van der Waals surface area contributed by atoms with Gasteiger partial charge in [-0.25, -0.2) is 9.97 Å². The quantitative estimate of drug-likeness (QED) is 0.423. The van der Waals surface area contributed by atoms with Gasteiger partial charge in [-0.15, -0.1) is 0 Å². The highest BCUT2D eigenvalue weighted by Crippen LogP contribution is 2.33. The van der Waals surface area contributed by atoms with Gasteiger partial charge < -0.3 is 10.2 Å². The van der Waals surface area contributed by atoms with Crippen molar-refractivity contribution in [3.05, 3.63) is 82.8 Å². The predicted octanol–water partition coefficient (Wildman–Crippen LogP) is 6.20. The monoisotopic (exact) mass is 408 g/mol. The number of benzene rings is 2. The molecule has 0 aliphatic heterocycles. The van der Waals surface area contributed by atoms with Crippen molar-refractivity contribution >= 4 is 23.2 Å². The molecule has 0 amide bonds. The van der Waals surface area contributed by atoms with Crippen molar-refractivity contribution in [3.63, 3.8) is 0 Å². The Balaban J connectivity index is 1.76. The Hall–Kier alpha value is -3.08. The van der Waals surface area contributed by atoms with Gasteiger partial charge in [-0.3, -0.25) is 0 Å². The van der Waals surface area contributed by atoms with E-state index in [1.54, 1.807) is 36.4 Å². The molecule has 2 heterocycles. The molecule has 0 aliphatic rings. The lowest BCUT2D eigenvalue weighted by Crippen LogP contribution is -1.92. The van der Waals surface area contributed by atoms with Crippen LogP contribution in [0.1, 0.15) is 0 Å². The van der Waals surface area contributed by atoms with E-state index in [1.165, 1.54) is 12.1 Å². The minimum Gasteiger partial charge on any atom is -0.507 e. The summed E-state index contributed by atoms with van der Waals surface area (Å²) in [6.45, 7) is 0. The van der Waals surface area contributed by atoms with Crippen molar-refractivity contribution in [2.45, 2.75) is 0 Å². The Bertz CT molecular complexity index is 1090. The van der Waals surface area contributed by atoms with Crippen LogP contribution >= 0.6 is 23.2 Å². The first-order valence-corrected chi connectivity index (χ1v) is 9.19. The lowest BCUT2D eigenvalue weighted by Gasteiger charge is -2.09. The van der Waals surface area contributed by atoms with E-state index in [0.717, 1.165) is 0 Å². The summed E-state index contributed by atoms with van der Waals surface area (Å²) in [7, 11) is 0. The summed E-state index contributed by atoms with van der Waals surface area (Å²) < 4.78 is 0. The number of aromatic hydroxyl groups is 2. The summed E-state index contributed by atoms with van der Waals surface area (Å²) in [5, 5.41) is 21.3. The molecule has 0 radical (unpaired) electrons. The van der Waals surface area contributed by atoms with Crippen LogP contribution in [0.5, 0.6) is 11.5 Å². The summed E-state index contributed by atoms with van der Waals surface area (Å²) in [4.78, 5) is 9.25. The number of hydrogen-bond acceptors (Lipinski definition) is 4. The fraction of sp³-hybridized carbons (Fsp3) is 0. The summed E-state index contributed by atoms with van der Waals surface area (Å²) in [5.74, 6) is 0.120. The molecule has 6 heteroatoms. The van der Waals surface area contributed by atoms with Gasteiger partial charge in [0.15, 0.2) is 0 Å². The Morgan fingerprint density at radius 3 is 1.32 bits per heavy atom. The van der Waals surface area contributed by atoms with E-state index >= 15 is 0 Å². The molecule has 0 fully saturated rings. The first kappa shape index (κ1) is 18.3. The zero-order chi connectivity index (χ0) is 19.7. The number of halogens is 2. The van der Waals surface area contributed by atoms with Crippen LogP contribution in [0.2, 0.25) is 10.0 Å². The van der Waals surface area contributed by atoms with Gasteiger partial charge in [0, 0.05) is 21.2 Å². The van der Waals surface area contributed by atoms with Crippen molar-refractivity contribution in [2.24, 2.45) is 0 Å². The molecule has 0 bridgehead atoms. The maximum absolute atomic E-state index is 10.2. The third kappa shape index (κ3) is 3.65. The van der Waals surface area contributed by atoms with Crippen molar-refractivity contribution in [3.8, 4) is 45.4 Å². The van der Waals surface area contributed by atoms with Crippen LogP contribution in [-0.4, -0.2) is 20.2 Å². The van der Waals surface area contributed by atoms with E-state index in [2.05, 4.69) is 9.97 Å². The molecular weight excluding hydrogens is 395 g/mol. The molecule has 4 nitrogen and oxygen atoms in total. The minimum absolute atomic E-state index is 0.0601. The van der Waals surface area contributed by atoms with Gasteiger partial charge in [0.1, 0.15) is 11.5 Å². The van der Waals surface area contributed by atoms with E-state index in [9.17, 15) is 10.2 Å². The molecule has 2 aromatic heterocycles. The number of phenols is 2. The van der Waals surface area contributed by atoms with E-state index in [1.807, 2.05) is 24.3 Å². The molecule has 28 heavy (non-hydrogen) atoms. The second-order valence-electron chi connectivity index (χ2n) is 6.14. The zero-order valence-electron chi connectivity index (χ0n) is 14.5. The van der Waals surface area contributed by atoms with Crippen LogP contribution in [-0.2, 0) is 0 Å². The SMILES string of the molecule is Oc1cc(Cl)ccc1-c1cccc(-c2cccc(-c3ccc(Cl)cc3O)n2)n1. The topological polar surface area (TPSA) is 66.2 Å². The number of pyridine rings is 2. The van der Waals surface area contributed by atoms with Crippen molar-refractivity contribution < 1.29 is 10.2 Å². The fourth-order valence-corrected chi connectivity index (χ4v) is 3.23. The second-order valence-corrected chi connectivity index (χ2v) is 7.01. The van der Waals surface area contributed by atoms with E-state index in [-0.39, 0.29) is 11.5 Å². The molecule has 0 unspecified atom stereocenters. The van der Waals surface area contributed by atoms with Crippen molar-refractivity contribution in [1.82, 2.24) is 9.97 Å². The largest absolute Gasteiger partial charge is 0.507 e.